The molecule has 1 aliphatic heterocycles. The molecule has 0 saturated carbocycles. The third-order valence-corrected chi connectivity index (χ3v) is 9.75. The van der Waals surface area contributed by atoms with Crippen molar-refractivity contribution in [2.45, 2.75) is 36.0 Å². The van der Waals surface area contributed by atoms with E-state index in [0.717, 1.165) is 0 Å². The SMILES string of the molecule is CC(C)(C)c1ccc(-c2c3ccccc3c(-c3ccc4c(c3)-c3cccc5cccc(c35)S4)c3ccccc23)cc1. The first-order chi connectivity index (χ1) is 20.0. The second-order valence-electron chi connectivity index (χ2n) is 12.1. The van der Waals surface area contributed by atoms with Crippen molar-refractivity contribution in [2.75, 3.05) is 0 Å². The summed E-state index contributed by atoms with van der Waals surface area (Å²) in [6.07, 6.45) is 0. The van der Waals surface area contributed by atoms with E-state index in [1.165, 1.54) is 81.1 Å². The normalized spacial score (nSPS) is 12.7. The second-order valence-corrected chi connectivity index (χ2v) is 13.2. The lowest BCUT2D eigenvalue weighted by atomic mass is 9.83. The van der Waals surface area contributed by atoms with Gasteiger partial charge in [0.1, 0.15) is 0 Å². The molecule has 0 nitrogen and oxygen atoms in total. The maximum absolute atomic E-state index is 2.43. The quantitative estimate of drug-likeness (QED) is 0.196. The van der Waals surface area contributed by atoms with Gasteiger partial charge in [0.25, 0.3) is 0 Å². The maximum Gasteiger partial charge on any atom is 0.0207 e. The van der Waals surface area contributed by atoms with Gasteiger partial charge >= 0.3 is 0 Å². The van der Waals surface area contributed by atoms with E-state index in [0.29, 0.717) is 0 Å². The number of hydrogen-bond acceptors (Lipinski definition) is 1. The fourth-order valence-electron chi connectivity index (χ4n) is 6.61. The van der Waals surface area contributed by atoms with Crippen LogP contribution in [0.25, 0.3) is 65.7 Å². The van der Waals surface area contributed by atoms with E-state index < -0.39 is 0 Å². The minimum absolute atomic E-state index is 0.127. The standard InChI is InChI=1S/C40H30S/c1-40(2,3)28-21-18-26(19-22-28)37-29-12-4-6-14-31(29)38(32-15-7-5-13-30(32)37)27-20-23-35-34(24-27)33-16-8-10-25-11-9-17-36(41-35)39(25)33/h4-24H,1-3H3. The van der Waals surface area contributed by atoms with E-state index in [-0.39, 0.29) is 5.41 Å². The number of hydrogen-bond donors (Lipinski definition) is 0. The molecule has 0 bridgehead atoms. The van der Waals surface area contributed by atoms with Gasteiger partial charge in [-0.3, -0.25) is 0 Å². The second kappa shape index (κ2) is 9.09. The summed E-state index contributed by atoms with van der Waals surface area (Å²) < 4.78 is 0. The summed E-state index contributed by atoms with van der Waals surface area (Å²) in [7, 11) is 0. The van der Waals surface area contributed by atoms with Crippen LogP contribution in [-0.4, -0.2) is 0 Å². The molecule has 0 aromatic heterocycles. The van der Waals surface area contributed by atoms with Crippen LogP contribution in [0.15, 0.2) is 137 Å². The van der Waals surface area contributed by atoms with Crippen LogP contribution in [0, 0.1) is 0 Å². The summed E-state index contributed by atoms with van der Waals surface area (Å²) in [6, 6.07) is 47.5. The molecule has 0 fully saturated rings. The molecular formula is C40H30S. The molecule has 0 N–H and O–H groups in total. The Labute approximate surface area is 245 Å². The molecule has 41 heavy (non-hydrogen) atoms. The van der Waals surface area contributed by atoms with Gasteiger partial charge in [0.2, 0.25) is 0 Å². The molecule has 7 aromatic rings. The maximum atomic E-state index is 2.43. The highest BCUT2D eigenvalue weighted by Crippen LogP contribution is 2.50. The Balaban J connectivity index is 1.40. The zero-order valence-corrected chi connectivity index (χ0v) is 24.3. The minimum atomic E-state index is 0.127. The Morgan fingerprint density at radius 3 is 1.63 bits per heavy atom. The van der Waals surface area contributed by atoms with Gasteiger partial charge in [-0.05, 0) is 89.5 Å². The van der Waals surface area contributed by atoms with E-state index in [4.69, 9.17) is 0 Å². The van der Waals surface area contributed by atoms with Crippen molar-refractivity contribution < 1.29 is 0 Å². The minimum Gasteiger partial charge on any atom is -0.0888 e. The summed E-state index contributed by atoms with van der Waals surface area (Å²) in [5.74, 6) is 0. The highest BCUT2D eigenvalue weighted by Gasteiger charge is 2.22. The van der Waals surface area contributed by atoms with Crippen molar-refractivity contribution >= 4 is 44.1 Å². The Bertz CT molecular complexity index is 2080. The fraction of sp³-hybridized carbons (Fsp3) is 0.100. The topological polar surface area (TPSA) is 0 Å². The molecule has 196 valence electrons. The molecule has 1 heteroatoms. The lowest BCUT2D eigenvalue weighted by Crippen LogP contribution is -2.10. The molecule has 8 rings (SSSR count). The molecule has 0 saturated heterocycles. The van der Waals surface area contributed by atoms with Gasteiger partial charge in [-0.15, -0.1) is 0 Å². The average molecular weight is 543 g/mol. The van der Waals surface area contributed by atoms with Crippen LogP contribution in [0.5, 0.6) is 0 Å². The molecule has 0 atom stereocenters. The lowest BCUT2D eigenvalue weighted by molar-refractivity contribution is 0.590. The van der Waals surface area contributed by atoms with Crippen molar-refractivity contribution in [1.29, 1.82) is 0 Å². The van der Waals surface area contributed by atoms with Gasteiger partial charge in [-0.25, -0.2) is 0 Å². The Morgan fingerprint density at radius 2 is 1.02 bits per heavy atom. The summed E-state index contributed by atoms with van der Waals surface area (Å²) in [5.41, 5.74) is 9.30. The summed E-state index contributed by atoms with van der Waals surface area (Å²) in [6.45, 7) is 6.83. The lowest BCUT2D eigenvalue weighted by Gasteiger charge is -2.23. The summed E-state index contributed by atoms with van der Waals surface area (Å²) in [4.78, 5) is 2.67. The average Bonchev–Trinajstić information content (AvgIpc) is 3.00. The van der Waals surface area contributed by atoms with Gasteiger partial charge in [0.05, 0.1) is 0 Å². The van der Waals surface area contributed by atoms with Crippen LogP contribution in [0.1, 0.15) is 26.3 Å². The monoisotopic (exact) mass is 542 g/mol. The van der Waals surface area contributed by atoms with Crippen LogP contribution in [-0.2, 0) is 5.41 Å². The highest BCUT2D eigenvalue weighted by molar-refractivity contribution is 7.99. The van der Waals surface area contributed by atoms with Gasteiger partial charge in [-0.1, -0.05) is 142 Å². The first kappa shape index (κ1) is 24.5. The van der Waals surface area contributed by atoms with E-state index in [2.05, 4.69) is 148 Å². The van der Waals surface area contributed by atoms with E-state index in [1.54, 1.807) is 0 Å². The van der Waals surface area contributed by atoms with E-state index in [1.807, 2.05) is 11.8 Å². The van der Waals surface area contributed by atoms with Crippen molar-refractivity contribution in [1.82, 2.24) is 0 Å². The Morgan fingerprint density at radius 1 is 0.463 bits per heavy atom. The molecule has 7 aromatic carbocycles. The molecule has 1 aliphatic rings. The Hall–Kier alpha value is -4.33. The smallest absolute Gasteiger partial charge is 0.0207 e. The first-order valence-electron chi connectivity index (χ1n) is 14.4. The van der Waals surface area contributed by atoms with Crippen molar-refractivity contribution in [2.24, 2.45) is 0 Å². The molecule has 1 heterocycles. The van der Waals surface area contributed by atoms with E-state index >= 15 is 0 Å². The third-order valence-electron chi connectivity index (χ3n) is 8.62. The molecule has 0 unspecified atom stereocenters. The van der Waals surface area contributed by atoms with Crippen LogP contribution in [0.2, 0.25) is 0 Å². The van der Waals surface area contributed by atoms with Gasteiger partial charge < -0.3 is 0 Å². The summed E-state index contributed by atoms with van der Waals surface area (Å²) in [5, 5.41) is 7.86. The van der Waals surface area contributed by atoms with Gasteiger partial charge in [-0.2, -0.15) is 0 Å². The molecule has 0 radical (unpaired) electrons. The van der Waals surface area contributed by atoms with Crippen LogP contribution < -0.4 is 0 Å². The van der Waals surface area contributed by atoms with Crippen molar-refractivity contribution in [3.05, 3.63) is 133 Å². The number of fused-ring (bicyclic) bond motifs is 4. The number of benzene rings is 7. The van der Waals surface area contributed by atoms with Crippen LogP contribution in [0.3, 0.4) is 0 Å². The molecule has 0 amide bonds. The van der Waals surface area contributed by atoms with Gasteiger partial charge in [0, 0.05) is 15.2 Å². The van der Waals surface area contributed by atoms with Crippen LogP contribution >= 0.6 is 11.8 Å². The molecule has 0 aliphatic carbocycles. The predicted molar refractivity (Wildman–Crippen MR) is 178 cm³/mol. The first-order valence-corrected chi connectivity index (χ1v) is 15.2. The van der Waals surface area contributed by atoms with Crippen molar-refractivity contribution in [3.63, 3.8) is 0 Å². The van der Waals surface area contributed by atoms with E-state index in [9.17, 15) is 0 Å². The molecular weight excluding hydrogens is 513 g/mol. The zero-order valence-electron chi connectivity index (χ0n) is 23.5. The number of rotatable bonds is 2. The van der Waals surface area contributed by atoms with Crippen LogP contribution in [0.4, 0.5) is 0 Å². The molecule has 0 spiro atoms. The zero-order chi connectivity index (χ0) is 27.7. The van der Waals surface area contributed by atoms with Gasteiger partial charge in [0.15, 0.2) is 0 Å². The van der Waals surface area contributed by atoms with Crippen molar-refractivity contribution in [3.8, 4) is 33.4 Å². The largest absolute Gasteiger partial charge is 0.0888 e. The summed E-state index contributed by atoms with van der Waals surface area (Å²) >= 11 is 1.89. The predicted octanol–water partition coefficient (Wildman–Crippen LogP) is 11.9. The Kier molecular flexibility index (Phi) is 5.43. The fourth-order valence-corrected chi connectivity index (χ4v) is 7.74. The third kappa shape index (κ3) is 3.84. The highest BCUT2D eigenvalue weighted by atomic mass is 32.2.